The van der Waals surface area contributed by atoms with Gasteiger partial charge in [-0.25, -0.2) is 0 Å². The van der Waals surface area contributed by atoms with Crippen LogP contribution in [0.25, 0.3) is 0 Å². The minimum atomic E-state index is -0.713. The molecule has 2 aromatic carbocycles. The van der Waals surface area contributed by atoms with Crippen LogP contribution in [0.4, 0.5) is 11.4 Å². The Labute approximate surface area is 144 Å². The van der Waals surface area contributed by atoms with E-state index in [2.05, 4.69) is 0 Å². The fourth-order valence-electron chi connectivity index (χ4n) is 2.32. The number of hydrogen-bond acceptors (Lipinski definition) is 5. The van der Waals surface area contributed by atoms with Gasteiger partial charge in [0.1, 0.15) is 30.8 Å². The fraction of sp³-hybridized carbons (Fsp3) is 0.368. The third-order valence-electron chi connectivity index (χ3n) is 3.56. The van der Waals surface area contributed by atoms with Gasteiger partial charge in [0, 0.05) is 28.2 Å². The molecule has 0 spiro atoms. The van der Waals surface area contributed by atoms with Gasteiger partial charge in [0.15, 0.2) is 0 Å². The molecular formula is C19H26N2O3. The van der Waals surface area contributed by atoms with E-state index in [0.29, 0.717) is 0 Å². The van der Waals surface area contributed by atoms with Gasteiger partial charge in [-0.3, -0.25) is 0 Å². The lowest BCUT2D eigenvalue weighted by Crippen LogP contribution is -2.26. The topological polar surface area (TPSA) is 45.2 Å². The van der Waals surface area contributed by atoms with Crippen LogP contribution >= 0.6 is 0 Å². The number of aliphatic hydroxyl groups excluding tert-OH is 1. The van der Waals surface area contributed by atoms with Crippen molar-refractivity contribution in [1.29, 1.82) is 0 Å². The Morgan fingerprint density at radius 1 is 0.750 bits per heavy atom. The Kier molecular flexibility index (Phi) is 6.32. The molecule has 0 amide bonds. The molecule has 0 saturated heterocycles. The van der Waals surface area contributed by atoms with E-state index in [1.54, 1.807) is 0 Å². The monoisotopic (exact) mass is 330 g/mol. The first-order chi connectivity index (χ1) is 11.5. The molecule has 2 aromatic rings. The van der Waals surface area contributed by atoms with Gasteiger partial charge in [-0.1, -0.05) is 24.3 Å². The van der Waals surface area contributed by atoms with Crippen molar-refractivity contribution in [2.24, 2.45) is 0 Å². The van der Waals surface area contributed by atoms with E-state index in [1.807, 2.05) is 86.5 Å². The minimum absolute atomic E-state index is 0.176. The maximum absolute atomic E-state index is 10.2. The second-order valence-electron chi connectivity index (χ2n) is 6.00. The highest BCUT2D eigenvalue weighted by Gasteiger charge is 2.11. The Balaban J connectivity index is 1.90. The molecule has 130 valence electrons. The van der Waals surface area contributed by atoms with Crippen LogP contribution in [0.5, 0.6) is 11.5 Å². The van der Waals surface area contributed by atoms with E-state index in [-0.39, 0.29) is 13.2 Å². The molecule has 2 rings (SSSR count). The molecule has 0 saturated carbocycles. The molecule has 0 unspecified atom stereocenters. The molecular weight excluding hydrogens is 304 g/mol. The molecule has 0 aliphatic rings. The van der Waals surface area contributed by atoms with Crippen LogP contribution < -0.4 is 19.3 Å². The number of rotatable bonds is 8. The van der Waals surface area contributed by atoms with Crippen LogP contribution in [0.1, 0.15) is 0 Å². The summed E-state index contributed by atoms with van der Waals surface area (Å²) >= 11 is 0. The highest BCUT2D eigenvalue weighted by Crippen LogP contribution is 2.27. The summed E-state index contributed by atoms with van der Waals surface area (Å²) < 4.78 is 11.5. The van der Waals surface area contributed by atoms with Crippen molar-refractivity contribution in [3.63, 3.8) is 0 Å². The molecule has 5 heteroatoms. The molecule has 0 atom stereocenters. The van der Waals surface area contributed by atoms with Gasteiger partial charge >= 0.3 is 0 Å². The number of hydrogen-bond donors (Lipinski definition) is 1. The average molecular weight is 330 g/mol. The summed E-state index contributed by atoms with van der Waals surface area (Å²) in [6.45, 7) is 0.351. The quantitative estimate of drug-likeness (QED) is 0.806. The molecule has 5 nitrogen and oxygen atoms in total. The van der Waals surface area contributed by atoms with Crippen molar-refractivity contribution < 1.29 is 14.6 Å². The standard InChI is InChI=1S/C19H26N2O3/c1-20(2)16-9-5-7-11-18(16)23-13-15(22)14-24-19-12-8-6-10-17(19)21(3)4/h5-12,15,22H,13-14H2,1-4H3. The number of ether oxygens (including phenoxy) is 2. The maximum atomic E-state index is 10.2. The normalized spacial score (nSPS) is 10.6. The maximum Gasteiger partial charge on any atom is 0.142 e. The van der Waals surface area contributed by atoms with Crippen LogP contribution in [-0.4, -0.2) is 52.6 Å². The number of anilines is 2. The van der Waals surface area contributed by atoms with Crippen molar-refractivity contribution in [3.8, 4) is 11.5 Å². The lowest BCUT2D eigenvalue weighted by atomic mass is 10.2. The van der Waals surface area contributed by atoms with E-state index in [0.717, 1.165) is 22.9 Å². The van der Waals surface area contributed by atoms with E-state index in [9.17, 15) is 5.11 Å². The van der Waals surface area contributed by atoms with Crippen molar-refractivity contribution >= 4 is 11.4 Å². The molecule has 0 aliphatic carbocycles. The first-order valence-electron chi connectivity index (χ1n) is 7.95. The molecule has 0 aromatic heterocycles. The molecule has 0 heterocycles. The number of nitrogens with zero attached hydrogens (tertiary/aromatic N) is 2. The van der Waals surface area contributed by atoms with Gasteiger partial charge in [-0.2, -0.15) is 0 Å². The summed E-state index contributed by atoms with van der Waals surface area (Å²) in [6.07, 6.45) is -0.713. The zero-order valence-corrected chi connectivity index (χ0v) is 14.8. The van der Waals surface area contributed by atoms with Crippen molar-refractivity contribution in [3.05, 3.63) is 48.5 Å². The molecule has 24 heavy (non-hydrogen) atoms. The first kappa shape index (κ1) is 17.9. The Morgan fingerprint density at radius 2 is 1.12 bits per heavy atom. The Hall–Kier alpha value is -2.40. The van der Waals surface area contributed by atoms with Crippen LogP contribution in [0, 0.1) is 0 Å². The summed E-state index contributed by atoms with van der Waals surface area (Å²) in [7, 11) is 7.83. The molecule has 0 radical (unpaired) electrons. The van der Waals surface area contributed by atoms with E-state index in [1.165, 1.54) is 0 Å². The van der Waals surface area contributed by atoms with Crippen LogP contribution in [-0.2, 0) is 0 Å². The number of para-hydroxylation sites is 4. The lowest BCUT2D eigenvalue weighted by Gasteiger charge is -2.21. The third kappa shape index (κ3) is 4.80. The first-order valence-corrected chi connectivity index (χ1v) is 7.95. The average Bonchev–Trinajstić information content (AvgIpc) is 2.58. The van der Waals surface area contributed by atoms with Crippen molar-refractivity contribution in [1.82, 2.24) is 0 Å². The predicted octanol–water partition coefficient (Wildman–Crippen LogP) is 2.64. The van der Waals surface area contributed by atoms with Crippen molar-refractivity contribution in [2.75, 3.05) is 51.2 Å². The van der Waals surface area contributed by atoms with Gasteiger partial charge < -0.3 is 24.4 Å². The molecule has 1 N–H and O–H groups in total. The molecule has 0 bridgehead atoms. The summed E-state index contributed by atoms with van der Waals surface area (Å²) in [6, 6.07) is 15.5. The van der Waals surface area contributed by atoms with Gasteiger partial charge in [0.25, 0.3) is 0 Å². The van der Waals surface area contributed by atoms with Gasteiger partial charge in [-0.15, -0.1) is 0 Å². The summed E-state index contributed by atoms with van der Waals surface area (Å²) in [4.78, 5) is 3.96. The van der Waals surface area contributed by atoms with Crippen LogP contribution in [0.3, 0.4) is 0 Å². The van der Waals surface area contributed by atoms with E-state index >= 15 is 0 Å². The predicted molar refractivity (Wildman–Crippen MR) is 98.5 cm³/mol. The smallest absolute Gasteiger partial charge is 0.142 e. The van der Waals surface area contributed by atoms with Crippen LogP contribution in [0.15, 0.2) is 48.5 Å². The zero-order valence-electron chi connectivity index (χ0n) is 14.8. The Bertz CT molecular complexity index is 589. The van der Waals surface area contributed by atoms with E-state index in [4.69, 9.17) is 9.47 Å². The highest BCUT2D eigenvalue weighted by atomic mass is 16.5. The number of benzene rings is 2. The third-order valence-corrected chi connectivity index (χ3v) is 3.56. The lowest BCUT2D eigenvalue weighted by molar-refractivity contribution is 0.0630. The molecule has 0 aliphatic heterocycles. The van der Waals surface area contributed by atoms with Gasteiger partial charge in [0.2, 0.25) is 0 Å². The summed E-state index contributed by atoms with van der Waals surface area (Å²) in [5.41, 5.74) is 1.95. The van der Waals surface area contributed by atoms with E-state index < -0.39 is 6.10 Å². The SMILES string of the molecule is CN(C)c1ccccc1OCC(O)COc1ccccc1N(C)C. The molecule has 0 fully saturated rings. The minimum Gasteiger partial charge on any atom is -0.489 e. The summed E-state index contributed by atoms with van der Waals surface area (Å²) in [5, 5.41) is 10.2. The fourth-order valence-corrected chi connectivity index (χ4v) is 2.32. The summed E-state index contributed by atoms with van der Waals surface area (Å²) in [5.74, 6) is 1.49. The zero-order chi connectivity index (χ0) is 17.5. The van der Waals surface area contributed by atoms with Gasteiger partial charge in [-0.05, 0) is 24.3 Å². The van der Waals surface area contributed by atoms with Gasteiger partial charge in [0.05, 0.1) is 11.4 Å². The highest BCUT2D eigenvalue weighted by molar-refractivity contribution is 5.58. The second-order valence-corrected chi connectivity index (χ2v) is 6.00. The number of aliphatic hydroxyl groups is 1. The second kappa shape index (κ2) is 8.45. The van der Waals surface area contributed by atoms with Crippen molar-refractivity contribution in [2.45, 2.75) is 6.10 Å². The largest absolute Gasteiger partial charge is 0.489 e. The Morgan fingerprint density at radius 3 is 1.50 bits per heavy atom. The van der Waals surface area contributed by atoms with Crippen LogP contribution in [0.2, 0.25) is 0 Å².